The molecular weight excluding hydrogens is 388 g/mol. The Morgan fingerprint density at radius 1 is 1.24 bits per heavy atom. The SMILES string of the molecule is CCNC(=NCc1csc(N(C)C)n1)NCCN1C(=O)C2C3C=CC(C3)C2C1=O. The van der Waals surface area contributed by atoms with Gasteiger partial charge in [-0.1, -0.05) is 12.2 Å². The molecule has 2 aliphatic carbocycles. The molecule has 1 saturated carbocycles. The number of guanidine groups is 1. The number of aliphatic imine (C=N–C) groups is 1. The van der Waals surface area contributed by atoms with Gasteiger partial charge < -0.3 is 15.5 Å². The van der Waals surface area contributed by atoms with Crippen LogP contribution in [0.4, 0.5) is 5.13 Å². The van der Waals surface area contributed by atoms with Crippen LogP contribution in [0, 0.1) is 23.7 Å². The van der Waals surface area contributed by atoms with Crippen molar-refractivity contribution in [1.82, 2.24) is 20.5 Å². The highest BCUT2D eigenvalue weighted by molar-refractivity contribution is 7.13. The van der Waals surface area contributed by atoms with Crippen molar-refractivity contribution in [2.45, 2.75) is 19.9 Å². The molecule has 0 aromatic carbocycles. The van der Waals surface area contributed by atoms with Crippen LogP contribution in [-0.2, 0) is 16.1 Å². The third-order valence-corrected chi connectivity index (χ3v) is 6.91. The maximum absolute atomic E-state index is 12.7. The van der Waals surface area contributed by atoms with Crippen LogP contribution < -0.4 is 15.5 Å². The van der Waals surface area contributed by atoms with Crippen molar-refractivity contribution in [2.75, 3.05) is 38.6 Å². The number of amides is 2. The van der Waals surface area contributed by atoms with E-state index >= 15 is 0 Å². The van der Waals surface area contributed by atoms with Crippen molar-refractivity contribution < 1.29 is 9.59 Å². The van der Waals surface area contributed by atoms with Gasteiger partial charge in [-0.2, -0.15) is 0 Å². The molecule has 2 bridgehead atoms. The lowest BCUT2D eigenvalue weighted by atomic mass is 9.85. The second-order valence-corrected chi connectivity index (χ2v) is 8.80. The maximum Gasteiger partial charge on any atom is 0.233 e. The molecule has 4 atom stereocenters. The molecule has 1 aliphatic heterocycles. The van der Waals surface area contributed by atoms with Crippen molar-refractivity contribution in [3.05, 3.63) is 23.2 Å². The zero-order valence-corrected chi connectivity index (χ0v) is 17.9. The molecule has 1 aromatic heterocycles. The van der Waals surface area contributed by atoms with Crippen molar-refractivity contribution in [2.24, 2.45) is 28.7 Å². The number of thiazole rings is 1. The number of fused-ring (bicyclic) bond motifs is 5. The van der Waals surface area contributed by atoms with Crippen LogP contribution in [0.25, 0.3) is 0 Å². The number of nitrogens with one attached hydrogen (secondary N) is 2. The molecule has 9 heteroatoms. The van der Waals surface area contributed by atoms with Crippen molar-refractivity contribution >= 4 is 34.2 Å². The molecule has 1 aromatic rings. The molecule has 2 heterocycles. The molecule has 29 heavy (non-hydrogen) atoms. The first-order valence-corrected chi connectivity index (χ1v) is 11.0. The van der Waals surface area contributed by atoms with Gasteiger partial charge in [0.1, 0.15) is 0 Å². The summed E-state index contributed by atoms with van der Waals surface area (Å²) in [7, 11) is 3.93. The minimum atomic E-state index is -0.130. The first kappa shape index (κ1) is 19.9. The van der Waals surface area contributed by atoms with Gasteiger partial charge in [-0.25, -0.2) is 9.98 Å². The molecule has 156 valence electrons. The summed E-state index contributed by atoms with van der Waals surface area (Å²) >= 11 is 1.59. The fourth-order valence-corrected chi connectivity index (χ4v) is 5.30. The Morgan fingerprint density at radius 3 is 2.52 bits per heavy atom. The number of rotatable bonds is 7. The minimum Gasteiger partial charge on any atom is -0.357 e. The van der Waals surface area contributed by atoms with E-state index in [-0.39, 0.29) is 35.5 Å². The second-order valence-electron chi connectivity index (χ2n) is 7.97. The van der Waals surface area contributed by atoms with Gasteiger partial charge in [0.15, 0.2) is 11.1 Å². The Hall–Kier alpha value is -2.42. The zero-order chi connectivity index (χ0) is 20.5. The van der Waals surface area contributed by atoms with Crippen LogP contribution in [0.3, 0.4) is 0 Å². The molecule has 3 aliphatic rings. The first-order valence-electron chi connectivity index (χ1n) is 10.2. The van der Waals surface area contributed by atoms with Crippen LogP contribution in [-0.4, -0.2) is 61.4 Å². The Labute approximate surface area is 175 Å². The molecule has 2 fully saturated rings. The number of aromatic nitrogens is 1. The van der Waals surface area contributed by atoms with Crippen LogP contribution in [0.5, 0.6) is 0 Å². The van der Waals surface area contributed by atoms with E-state index in [0.29, 0.717) is 25.6 Å². The second kappa shape index (κ2) is 8.14. The van der Waals surface area contributed by atoms with Crippen LogP contribution in [0.2, 0.25) is 0 Å². The summed E-state index contributed by atoms with van der Waals surface area (Å²) < 4.78 is 0. The summed E-state index contributed by atoms with van der Waals surface area (Å²) in [5.74, 6) is 0.906. The topological polar surface area (TPSA) is 89.9 Å². The number of carbonyl (C=O) groups excluding carboxylic acids is 2. The van der Waals surface area contributed by atoms with Crippen LogP contribution >= 0.6 is 11.3 Å². The lowest BCUT2D eigenvalue weighted by molar-refractivity contribution is -0.140. The number of carbonyl (C=O) groups is 2. The van der Waals surface area contributed by atoms with E-state index < -0.39 is 0 Å². The summed E-state index contributed by atoms with van der Waals surface area (Å²) in [4.78, 5) is 38.0. The van der Waals surface area contributed by atoms with Crippen molar-refractivity contribution in [3.63, 3.8) is 0 Å². The quantitative estimate of drug-likeness (QED) is 0.299. The maximum atomic E-state index is 12.7. The van der Waals surface area contributed by atoms with Crippen LogP contribution in [0.1, 0.15) is 19.0 Å². The number of allylic oxidation sites excluding steroid dienone is 2. The molecule has 2 amide bonds. The molecule has 2 N–H and O–H groups in total. The number of hydrogen-bond acceptors (Lipinski definition) is 6. The summed E-state index contributed by atoms with van der Waals surface area (Å²) in [6.45, 7) is 4.05. The fraction of sp³-hybridized carbons (Fsp3) is 0.600. The Morgan fingerprint density at radius 2 is 1.93 bits per heavy atom. The smallest absolute Gasteiger partial charge is 0.233 e. The third-order valence-electron chi connectivity index (χ3n) is 5.86. The average molecular weight is 417 g/mol. The number of likely N-dealkylation sites (tertiary alicyclic amines) is 1. The van der Waals surface area contributed by atoms with E-state index in [2.05, 4.69) is 32.8 Å². The number of imide groups is 1. The van der Waals surface area contributed by atoms with Gasteiger partial charge in [0, 0.05) is 39.1 Å². The lowest BCUT2D eigenvalue weighted by Gasteiger charge is -2.18. The average Bonchev–Trinajstić information content (AvgIpc) is 3.46. The molecule has 0 spiro atoms. The van der Waals surface area contributed by atoms with Gasteiger partial charge in [0.05, 0.1) is 24.1 Å². The Balaban J connectivity index is 1.32. The van der Waals surface area contributed by atoms with Gasteiger partial charge in [-0.3, -0.25) is 14.5 Å². The van der Waals surface area contributed by atoms with Gasteiger partial charge in [0.2, 0.25) is 11.8 Å². The monoisotopic (exact) mass is 416 g/mol. The molecule has 8 nitrogen and oxygen atoms in total. The number of anilines is 1. The number of nitrogens with zero attached hydrogens (tertiary/aromatic N) is 4. The summed E-state index contributed by atoms with van der Waals surface area (Å²) in [6, 6.07) is 0. The molecule has 1 saturated heterocycles. The summed E-state index contributed by atoms with van der Waals surface area (Å²) in [5, 5.41) is 9.39. The predicted molar refractivity (Wildman–Crippen MR) is 114 cm³/mol. The van der Waals surface area contributed by atoms with E-state index in [0.717, 1.165) is 23.8 Å². The predicted octanol–water partition coefficient (Wildman–Crippen LogP) is 1.07. The largest absolute Gasteiger partial charge is 0.357 e. The van der Waals surface area contributed by atoms with Gasteiger partial charge >= 0.3 is 0 Å². The normalized spacial score (nSPS) is 27.7. The molecule has 0 radical (unpaired) electrons. The van der Waals surface area contributed by atoms with Crippen molar-refractivity contribution in [1.29, 1.82) is 0 Å². The third kappa shape index (κ3) is 3.75. The fourth-order valence-electron chi connectivity index (χ4n) is 4.55. The van der Waals surface area contributed by atoms with Gasteiger partial charge in [-0.15, -0.1) is 11.3 Å². The highest BCUT2D eigenvalue weighted by atomic mass is 32.1. The van der Waals surface area contributed by atoms with E-state index in [1.807, 2.05) is 31.3 Å². The summed E-state index contributed by atoms with van der Waals surface area (Å²) in [5.41, 5.74) is 0.914. The molecular formula is C20H28N6O2S. The highest BCUT2D eigenvalue weighted by Gasteiger charge is 2.58. The lowest BCUT2D eigenvalue weighted by Crippen LogP contribution is -2.43. The van der Waals surface area contributed by atoms with Gasteiger partial charge in [0.25, 0.3) is 0 Å². The Bertz CT molecular complexity index is 818. The van der Waals surface area contributed by atoms with Crippen molar-refractivity contribution in [3.8, 4) is 0 Å². The standard InChI is InChI=1S/C20H28N6O2S/c1-4-21-19(23-10-14-11-29-20(24-14)25(2)3)22-7-8-26-17(27)15-12-5-6-13(9-12)16(15)18(26)28/h5-6,11-13,15-16H,4,7-10H2,1-3H3,(H2,21,22,23). The minimum absolute atomic E-state index is 0.000669. The number of hydrogen-bond donors (Lipinski definition) is 2. The Kier molecular flexibility index (Phi) is 5.58. The zero-order valence-electron chi connectivity index (χ0n) is 17.1. The van der Waals surface area contributed by atoms with E-state index in [9.17, 15) is 9.59 Å². The highest BCUT2D eigenvalue weighted by Crippen LogP contribution is 2.52. The van der Waals surface area contributed by atoms with E-state index in [1.54, 1.807) is 11.3 Å². The van der Waals surface area contributed by atoms with E-state index in [1.165, 1.54) is 4.90 Å². The molecule has 4 unspecified atom stereocenters. The van der Waals surface area contributed by atoms with Gasteiger partial charge in [-0.05, 0) is 25.2 Å². The first-order chi connectivity index (χ1) is 14.0. The molecule has 4 rings (SSSR count). The van der Waals surface area contributed by atoms with Crippen LogP contribution in [0.15, 0.2) is 22.5 Å². The summed E-state index contributed by atoms with van der Waals surface area (Å²) in [6.07, 6.45) is 5.20. The van der Waals surface area contributed by atoms with E-state index in [4.69, 9.17) is 0 Å².